The number of hydrogen-bond acceptors (Lipinski definition) is 3. The molecular formula is C17H24F2N2O2. The smallest absolute Gasteiger partial charge is 0.239 e. The van der Waals surface area contributed by atoms with E-state index in [0.29, 0.717) is 26.1 Å². The average Bonchev–Trinajstić information content (AvgIpc) is 2.96. The normalized spacial score (nSPS) is 19.8. The predicted molar refractivity (Wildman–Crippen MR) is 83.8 cm³/mol. The lowest BCUT2D eigenvalue weighted by Crippen LogP contribution is -2.46. The molecule has 1 aromatic rings. The molecule has 1 aliphatic rings. The lowest BCUT2D eigenvalue weighted by atomic mass is 10.1. The number of carbonyl (C=O) groups is 1. The van der Waals surface area contributed by atoms with Gasteiger partial charge in [-0.25, -0.2) is 8.78 Å². The zero-order valence-corrected chi connectivity index (χ0v) is 13.6. The van der Waals surface area contributed by atoms with Crippen LogP contribution in [0.2, 0.25) is 0 Å². The molecule has 6 heteroatoms. The number of likely N-dealkylation sites (tertiary alicyclic amines) is 1. The molecule has 1 N–H and O–H groups in total. The first kappa shape index (κ1) is 17.8. The number of likely N-dealkylation sites (N-methyl/N-ethyl adjacent to an activating group) is 1. The number of benzene rings is 1. The molecule has 1 aliphatic heterocycles. The minimum absolute atomic E-state index is 0.0219. The Balaban J connectivity index is 2.10. The number of aliphatic hydroxyl groups is 1. The van der Waals surface area contributed by atoms with E-state index in [1.807, 2.05) is 18.7 Å². The second-order valence-corrected chi connectivity index (χ2v) is 5.81. The molecule has 4 nitrogen and oxygen atoms in total. The Labute approximate surface area is 135 Å². The minimum Gasteiger partial charge on any atom is -0.387 e. The SMILES string of the molecule is CCN(CC)C(=O)C1CCCN1CC(O)c1c(F)cccc1F. The van der Waals surface area contributed by atoms with Gasteiger partial charge in [0.1, 0.15) is 11.6 Å². The van der Waals surface area contributed by atoms with Crippen LogP contribution in [0.15, 0.2) is 18.2 Å². The van der Waals surface area contributed by atoms with E-state index >= 15 is 0 Å². The van der Waals surface area contributed by atoms with Crippen LogP contribution in [0.4, 0.5) is 8.78 Å². The van der Waals surface area contributed by atoms with Crippen molar-refractivity contribution in [2.45, 2.75) is 38.8 Å². The molecule has 1 fully saturated rings. The van der Waals surface area contributed by atoms with E-state index < -0.39 is 17.7 Å². The molecule has 2 rings (SSSR count). The fourth-order valence-electron chi connectivity index (χ4n) is 3.21. The van der Waals surface area contributed by atoms with Crippen LogP contribution < -0.4 is 0 Å². The minimum atomic E-state index is -1.29. The third-order valence-electron chi connectivity index (χ3n) is 4.46. The van der Waals surface area contributed by atoms with Crippen LogP contribution in [0.1, 0.15) is 38.4 Å². The maximum atomic E-state index is 13.8. The van der Waals surface area contributed by atoms with E-state index in [0.717, 1.165) is 18.6 Å². The van der Waals surface area contributed by atoms with Gasteiger partial charge in [-0.15, -0.1) is 0 Å². The van der Waals surface area contributed by atoms with E-state index in [9.17, 15) is 18.7 Å². The quantitative estimate of drug-likeness (QED) is 0.872. The second kappa shape index (κ2) is 7.84. The van der Waals surface area contributed by atoms with Gasteiger partial charge in [-0.1, -0.05) is 6.07 Å². The number of β-amino-alcohol motifs (C(OH)–C–C–N with tert-alkyl or cyclic N) is 1. The number of halogens is 2. The number of nitrogens with zero attached hydrogens (tertiary/aromatic N) is 2. The summed E-state index contributed by atoms with van der Waals surface area (Å²) in [6, 6.07) is 3.21. The summed E-state index contributed by atoms with van der Waals surface area (Å²) in [6.07, 6.45) is 0.257. The van der Waals surface area contributed by atoms with Gasteiger partial charge in [0, 0.05) is 19.6 Å². The van der Waals surface area contributed by atoms with Crippen molar-refractivity contribution in [1.29, 1.82) is 0 Å². The zero-order chi connectivity index (χ0) is 17.0. The highest BCUT2D eigenvalue weighted by atomic mass is 19.1. The van der Waals surface area contributed by atoms with Gasteiger partial charge >= 0.3 is 0 Å². The zero-order valence-electron chi connectivity index (χ0n) is 13.6. The van der Waals surface area contributed by atoms with Crippen molar-refractivity contribution in [2.75, 3.05) is 26.2 Å². The lowest BCUT2D eigenvalue weighted by Gasteiger charge is -2.30. The van der Waals surface area contributed by atoms with Gasteiger partial charge in [-0.2, -0.15) is 0 Å². The van der Waals surface area contributed by atoms with E-state index in [-0.39, 0.29) is 24.1 Å². The fourth-order valence-corrected chi connectivity index (χ4v) is 3.21. The van der Waals surface area contributed by atoms with Crippen LogP contribution in [0.3, 0.4) is 0 Å². The molecule has 1 heterocycles. The van der Waals surface area contributed by atoms with Crippen LogP contribution in [-0.4, -0.2) is 53.0 Å². The summed E-state index contributed by atoms with van der Waals surface area (Å²) in [5.41, 5.74) is -0.326. The van der Waals surface area contributed by atoms with Crippen molar-refractivity contribution in [3.05, 3.63) is 35.4 Å². The topological polar surface area (TPSA) is 43.8 Å². The molecule has 0 radical (unpaired) electrons. The van der Waals surface area contributed by atoms with Crippen LogP contribution in [0.5, 0.6) is 0 Å². The molecule has 23 heavy (non-hydrogen) atoms. The van der Waals surface area contributed by atoms with E-state index in [2.05, 4.69) is 0 Å². The van der Waals surface area contributed by atoms with Crippen molar-refractivity contribution in [1.82, 2.24) is 9.80 Å². The highest BCUT2D eigenvalue weighted by Crippen LogP contribution is 2.26. The van der Waals surface area contributed by atoms with Crippen LogP contribution in [0.25, 0.3) is 0 Å². The second-order valence-electron chi connectivity index (χ2n) is 5.81. The molecule has 0 bridgehead atoms. The van der Waals surface area contributed by atoms with Gasteiger partial charge in [-0.3, -0.25) is 9.69 Å². The van der Waals surface area contributed by atoms with Gasteiger partial charge in [0.2, 0.25) is 5.91 Å². The van der Waals surface area contributed by atoms with Gasteiger partial charge in [0.05, 0.1) is 17.7 Å². The van der Waals surface area contributed by atoms with Crippen LogP contribution >= 0.6 is 0 Å². The largest absolute Gasteiger partial charge is 0.387 e. The van der Waals surface area contributed by atoms with Gasteiger partial charge in [0.15, 0.2) is 0 Å². The highest BCUT2D eigenvalue weighted by Gasteiger charge is 2.34. The first-order valence-electron chi connectivity index (χ1n) is 8.14. The first-order valence-corrected chi connectivity index (χ1v) is 8.14. The number of aliphatic hydroxyl groups excluding tert-OH is 1. The van der Waals surface area contributed by atoms with E-state index in [4.69, 9.17) is 0 Å². The Morgan fingerprint density at radius 1 is 1.35 bits per heavy atom. The Bertz CT molecular complexity index is 529. The molecule has 1 aromatic carbocycles. The molecule has 1 saturated heterocycles. The Hall–Kier alpha value is -1.53. The summed E-state index contributed by atoms with van der Waals surface area (Å²) in [5, 5.41) is 10.2. The highest BCUT2D eigenvalue weighted by molar-refractivity contribution is 5.82. The number of rotatable bonds is 6. The van der Waals surface area contributed by atoms with E-state index in [1.54, 1.807) is 4.90 Å². The molecular weight excluding hydrogens is 302 g/mol. The van der Waals surface area contributed by atoms with Crippen molar-refractivity contribution < 1.29 is 18.7 Å². The van der Waals surface area contributed by atoms with Crippen LogP contribution in [-0.2, 0) is 4.79 Å². The monoisotopic (exact) mass is 326 g/mol. The third kappa shape index (κ3) is 3.87. The third-order valence-corrected chi connectivity index (χ3v) is 4.46. The summed E-state index contributed by atoms with van der Waals surface area (Å²) in [6.45, 7) is 5.79. The number of carbonyl (C=O) groups excluding carboxylic acids is 1. The maximum Gasteiger partial charge on any atom is 0.239 e. The summed E-state index contributed by atoms with van der Waals surface area (Å²) >= 11 is 0. The molecule has 2 unspecified atom stereocenters. The van der Waals surface area contributed by atoms with Gasteiger partial charge in [0.25, 0.3) is 0 Å². The molecule has 0 spiro atoms. The predicted octanol–water partition coefficient (Wildman–Crippen LogP) is 2.33. The first-order chi connectivity index (χ1) is 11.0. The summed E-state index contributed by atoms with van der Waals surface area (Å²) in [7, 11) is 0. The number of amides is 1. The Kier molecular flexibility index (Phi) is 6.07. The molecule has 0 aromatic heterocycles. The Morgan fingerprint density at radius 2 is 1.96 bits per heavy atom. The fraction of sp³-hybridized carbons (Fsp3) is 0.588. The number of hydrogen-bond donors (Lipinski definition) is 1. The van der Waals surface area contributed by atoms with Crippen molar-refractivity contribution in [2.24, 2.45) is 0 Å². The molecule has 2 atom stereocenters. The lowest BCUT2D eigenvalue weighted by molar-refractivity contribution is -0.136. The van der Waals surface area contributed by atoms with E-state index in [1.165, 1.54) is 6.07 Å². The summed E-state index contributed by atoms with van der Waals surface area (Å²) in [5.74, 6) is -1.50. The Morgan fingerprint density at radius 3 is 2.52 bits per heavy atom. The maximum absolute atomic E-state index is 13.8. The van der Waals surface area contributed by atoms with Crippen molar-refractivity contribution in [3.63, 3.8) is 0 Å². The van der Waals surface area contributed by atoms with Crippen molar-refractivity contribution >= 4 is 5.91 Å². The average molecular weight is 326 g/mol. The van der Waals surface area contributed by atoms with Crippen molar-refractivity contribution in [3.8, 4) is 0 Å². The molecule has 1 amide bonds. The summed E-state index contributed by atoms with van der Waals surface area (Å²) in [4.78, 5) is 16.1. The standard InChI is InChI=1S/C17H24F2N2O2/c1-3-20(4-2)17(23)14-9-6-10-21(14)11-15(22)16-12(18)7-5-8-13(16)19/h5,7-8,14-15,22H,3-4,6,9-11H2,1-2H3. The molecule has 128 valence electrons. The molecule has 0 saturated carbocycles. The van der Waals surface area contributed by atoms with Gasteiger partial charge < -0.3 is 10.0 Å². The molecule has 0 aliphatic carbocycles. The van der Waals surface area contributed by atoms with Crippen LogP contribution in [0, 0.1) is 11.6 Å². The van der Waals surface area contributed by atoms with Gasteiger partial charge in [-0.05, 0) is 45.4 Å². The summed E-state index contributed by atoms with van der Waals surface area (Å²) < 4.78 is 27.5.